The lowest BCUT2D eigenvalue weighted by atomic mass is 10.2. The zero-order chi connectivity index (χ0) is 19.9. The lowest BCUT2D eigenvalue weighted by Gasteiger charge is -2.15. The second-order valence-corrected chi connectivity index (χ2v) is 6.89. The summed E-state index contributed by atoms with van der Waals surface area (Å²) >= 11 is 12.6. The molecule has 6 heteroatoms. The molecule has 0 spiro atoms. The van der Waals surface area contributed by atoms with Crippen LogP contribution in [0.4, 0.5) is 5.69 Å². The first-order chi connectivity index (χ1) is 13.6. The van der Waals surface area contributed by atoms with E-state index in [4.69, 9.17) is 37.4 Å². The van der Waals surface area contributed by atoms with Crippen LogP contribution in [-0.4, -0.2) is 14.2 Å². The first-order valence-electron chi connectivity index (χ1n) is 8.71. The maximum absolute atomic E-state index is 6.46. The molecule has 0 unspecified atom stereocenters. The van der Waals surface area contributed by atoms with Crippen LogP contribution < -0.4 is 19.5 Å². The molecule has 1 N–H and O–H groups in total. The average Bonchev–Trinajstić information content (AvgIpc) is 2.72. The predicted molar refractivity (Wildman–Crippen MR) is 114 cm³/mol. The molecule has 0 atom stereocenters. The van der Waals surface area contributed by atoms with Crippen molar-refractivity contribution in [1.29, 1.82) is 0 Å². The van der Waals surface area contributed by atoms with Crippen LogP contribution >= 0.6 is 23.2 Å². The van der Waals surface area contributed by atoms with Gasteiger partial charge in [0.15, 0.2) is 11.5 Å². The summed E-state index contributed by atoms with van der Waals surface area (Å²) in [5.74, 6) is 1.89. The number of methoxy groups -OCH3 is 2. The van der Waals surface area contributed by atoms with E-state index in [2.05, 4.69) is 5.32 Å². The van der Waals surface area contributed by atoms with Gasteiger partial charge in [0, 0.05) is 22.8 Å². The second kappa shape index (κ2) is 9.58. The first kappa shape index (κ1) is 20.2. The fourth-order valence-corrected chi connectivity index (χ4v) is 3.17. The molecule has 3 rings (SSSR count). The van der Waals surface area contributed by atoms with Gasteiger partial charge in [-0.05, 0) is 48.0 Å². The Hall–Kier alpha value is -2.56. The molecular weight excluding hydrogens is 397 g/mol. The quantitative estimate of drug-likeness (QED) is 0.473. The number of hydrogen-bond acceptors (Lipinski definition) is 4. The molecule has 3 aromatic carbocycles. The van der Waals surface area contributed by atoms with Gasteiger partial charge in [-0.15, -0.1) is 0 Å². The van der Waals surface area contributed by atoms with E-state index in [-0.39, 0.29) is 0 Å². The van der Waals surface area contributed by atoms with Crippen molar-refractivity contribution in [1.82, 2.24) is 0 Å². The van der Waals surface area contributed by atoms with Crippen molar-refractivity contribution < 1.29 is 14.2 Å². The Morgan fingerprint density at radius 2 is 1.61 bits per heavy atom. The molecule has 28 heavy (non-hydrogen) atoms. The number of hydrogen-bond donors (Lipinski definition) is 1. The number of benzene rings is 3. The molecule has 0 fully saturated rings. The lowest BCUT2D eigenvalue weighted by molar-refractivity contribution is 0.284. The highest BCUT2D eigenvalue weighted by atomic mass is 35.5. The van der Waals surface area contributed by atoms with Crippen LogP contribution in [0.3, 0.4) is 0 Å². The predicted octanol–water partition coefficient (Wildman–Crippen LogP) is 6.20. The third-order valence-corrected chi connectivity index (χ3v) is 4.86. The summed E-state index contributed by atoms with van der Waals surface area (Å²) in [4.78, 5) is 0. The summed E-state index contributed by atoms with van der Waals surface area (Å²) in [5.41, 5.74) is 2.84. The van der Waals surface area contributed by atoms with E-state index in [1.54, 1.807) is 14.2 Å². The highest BCUT2D eigenvalue weighted by molar-refractivity contribution is 6.32. The maximum atomic E-state index is 6.46. The van der Waals surface area contributed by atoms with Gasteiger partial charge in [-0.1, -0.05) is 41.4 Å². The third-order valence-electron chi connectivity index (χ3n) is 4.21. The highest BCUT2D eigenvalue weighted by Crippen LogP contribution is 2.37. The van der Waals surface area contributed by atoms with Crippen LogP contribution in [0, 0.1) is 0 Å². The molecule has 4 nitrogen and oxygen atoms in total. The minimum Gasteiger partial charge on any atom is -0.497 e. The van der Waals surface area contributed by atoms with E-state index in [9.17, 15) is 0 Å². The summed E-state index contributed by atoms with van der Waals surface area (Å²) in [6, 6.07) is 19.0. The van der Waals surface area contributed by atoms with Crippen LogP contribution in [0.25, 0.3) is 0 Å². The van der Waals surface area contributed by atoms with Gasteiger partial charge in [0.1, 0.15) is 12.4 Å². The zero-order valence-electron chi connectivity index (χ0n) is 15.7. The van der Waals surface area contributed by atoms with Crippen molar-refractivity contribution in [2.75, 3.05) is 19.5 Å². The van der Waals surface area contributed by atoms with Gasteiger partial charge in [-0.25, -0.2) is 0 Å². The van der Waals surface area contributed by atoms with Gasteiger partial charge < -0.3 is 19.5 Å². The smallest absolute Gasteiger partial charge is 0.180 e. The van der Waals surface area contributed by atoms with E-state index >= 15 is 0 Å². The van der Waals surface area contributed by atoms with Gasteiger partial charge in [0.05, 0.1) is 19.2 Å². The molecule has 0 amide bonds. The molecule has 0 aliphatic carbocycles. The van der Waals surface area contributed by atoms with Crippen LogP contribution in [0.5, 0.6) is 17.2 Å². The largest absolute Gasteiger partial charge is 0.497 e. The molecule has 0 aromatic heterocycles. The Labute approximate surface area is 175 Å². The Morgan fingerprint density at radius 3 is 2.29 bits per heavy atom. The van der Waals surface area contributed by atoms with Gasteiger partial charge in [-0.3, -0.25) is 0 Å². The fraction of sp³-hybridized carbons (Fsp3) is 0.182. The summed E-state index contributed by atoms with van der Waals surface area (Å²) < 4.78 is 16.5. The molecular formula is C22H21Cl2NO3. The van der Waals surface area contributed by atoms with Crippen LogP contribution in [-0.2, 0) is 13.2 Å². The minimum atomic E-state index is 0.305. The molecule has 0 saturated heterocycles. The van der Waals surface area contributed by atoms with Gasteiger partial charge in [0.2, 0.25) is 0 Å². The first-order valence-corrected chi connectivity index (χ1v) is 9.47. The highest BCUT2D eigenvalue weighted by Gasteiger charge is 2.13. The number of anilines is 1. The Morgan fingerprint density at radius 1 is 0.857 bits per heavy atom. The van der Waals surface area contributed by atoms with Crippen molar-refractivity contribution in [3.63, 3.8) is 0 Å². The van der Waals surface area contributed by atoms with E-state index in [0.29, 0.717) is 34.7 Å². The number of halogens is 2. The summed E-state index contributed by atoms with van der Waals surface area (Å²) in [6.07, 6.45) is 0. The van der Waals surface area contributed by atoms with Gasteiger partial charge in [-0.2, -0.15) is 0 Å². The maximum Gasteiger partial charge on any atom is 0.180 e. The Bertz CT molecular complexity index is 930. The second-order valence-electron chi connectivity index (χ2n) is 6.07. The van der Waals surface area contributed by atoms with E-state index in [1.165, 1.54) is 0 Å². The number of rotatable bonds is 8. The third kappa shape index (κ3) is 5.03. The zero-order valence-corrected chi connectivity index (χ0v) is 17.2. The lowest BCUT2D eigenvalue weighted by Crippen LogP contribution is -2.03. The van der Waals surface area contributed by atoms with Crippen LogP contribution in [0.1, 0.15) is 11.1 Å². The number of nitrogens with one attached hydrogen (secondary N) is 1. The molecule has 3 aromatic rings. The standard InChI is InChI=1S/C22H21Cl2NO3/c1-26-18-9-7-17(8-10-18)25-13-15-11-20(24)22(21(12-15)27-2)28-14-16-5-3-4-6-19(16)23/h3-12,25H,13-14H2,1-2H3. The summed E-state index contributed by atoms with van der Waals surface area (Å²) in [5, 5.41) is 4.48. The molecule has 0 saturated carbocycles. The normalized spacial score (nSPS) is 10.4. The summed E-state index contributed by atoms with van der Waals surface area (Å²) in [7, 11) is 3.24. The molecule has 0 radical (unpaired) electrons. The van der Waals surface area contributed by atoms with Crippen molar-refractivity contribution in [3.8, 4) is 17.2 Å². The molecule has 146 valence electrons. The molecule has 0 aliphatic heterocycles. The summed E-state index contributed by atoms with van der Waals surface area (Å²) in [6.45, 7) is 0.895. The van der Waals surface area contributed by atoms with E-state index < -0.39 is 0 Å². The van der Waals surface area contributed by atoms with Crippen molar-refractivity contribution in [3.05, 3.63) is 81.8 Å². The van der Waals surface area contributed by atoms with Crippen molar-refractivity contribution >= 4 is 28.9 Å². The van der Waals surface area contributed by atoms with Crippen LogP contribution in [0.2, 0.25) is 10.0 Å². The molecule has 0 aliphatic rings. The van der Waals surface area contributed by atoms with Gasteiger partial charge >= 0.3 is 0 Å². The van der Waals surface area contributed by atoms with Crippen LogP contribution in [0.15, 0.2) is 60.7 Å². The SMILES string of the molecule is COc1ccc(NCc2cc(Cl)c(OCc3ccccc3Cl)c(OC)c2)cc1. The Kier molecular flexibility index (Phi) is 6.90. The Balaban J connectivity index is 1.70. The average molecular weight is 418 g/mol. The topological polar surface area (TPSA) is 39.7 Å². The fourth-order valence-electron chi connectivity index (χ4n) is 2.69. The monoisotopic (exact) mass is 417 g/mol. The molecule has 0 heterocycles. The minimum absolute atomic E-state index is 0.305. The van der Waals surface area contributed by atoms with E-state index in [0.717, 1.165) is 22.6 Å². The van der Waals surface area contributed by atoms with Gasteiger partial charge in [0.25, 0.3) is 0 Å². The molecule has 0 bridgehead atoms. The van der Waals surface area contributed by atoms with Crippen molar-refractivity contribution in [2.24, 2.45) is 0 Å². The number of ether oxygens (including phenoxy) is 3. The van der Waals surface area contributed by atoms with Crippen molar-refractivity contribution in [2.45, 2.75) is 13.2 Å². The van der Waals surface area contributed by atoms with E-state index in [1.807, 2.05) is 60.7 Å².